The van der Waals surface area contributed by atoms with Gasteiger partial charge in [-0.05, 0) is 30.3 Å². The molecule has 0 atom stereocenters. The lowest BCUT2D eigenvalue weighted by Gasteiger charge is -2.06. The van der Waals surface area contributed by atoms with Crippen molar-refractivity contribution >= 4 is 17.3 Å². The molecule has 0 aliphatic heterocycles. The molecule has 1 aromatic heterocycles. The van der Waals surface area contributed by atoms with Crippen LogP contribution in [-0.2, 0) is 6.54 Å². The SMILES string of the molecule is N#Cc1ccc(Cl)c(NCc2ccc(C#N)o2)c1. The van der Waals surface area contributed by atoms with Crippen LogP contribution in [0.25, 0.3) is 0 Å². The molecule has 18 heavy (non-hydrogen) atoms. The van der Waals surface area contributed by atoms with Gasteiger partial charge in [-0.25, -0.2) is 0 Å². The summed E-state index contributed by atoms with van der Waals surface area (Å²) < 4.78 is 5.22. The first kappa shape index (κ1) is 12.0. The minimum Gasteiger partial charge on any atom is -0.449 e. The topological polar surface area (TPSA) is 72.8 Å². The molecule has 1 aromatic carbocycles. The summed E-state index contributed by atoms with van der Waals surface area (Å²) in [7, 11) is 0. The van der Waals surface area contributed by atoms with Gasteiger partial charge in [-0.15, -0.1) is 0 Å². The molecule has 2 rings (SSSR count). The fourth-order valence-electron chi connectivity index (χ4n) is 1.45. The highest BCUT2D eigenvalue weighted by molar-refractivity contribution is 6.33. The fourth-order valence-corrected chi connectivity index (χ4v) is 1.63. The molecule has 0 saturated heterocycles. The minimum atomic E-state index is 0.267. The van der Waals surface area contributed by atoms with E-state index in [1.807, 2.05) is 12.1 Å². The molecular formula is C13H8ClN3O. The number of anilines is 1. The van der Waals surface area contributed by atoms with Crippen LogP contribution in [0.5, 0.6) is 0 Å². The van der Waals surface area contributed by atoms with Crippen molar-refractivity contribution in [1.29, 1.82) is 10.5 Å². The number of nitrogens with one attached hydrogen (secondary N) is 1. The van der Waals surface area contributed by atoms with Crippen molar-refractivity contribution in [3.63, 3.8) is 0 Å². The number of nitriles is 2. The normalized spacial score (nSPS) is 9.50. The Morgan fingerprint density at radius 2 is 2.00 bits per heavy atom. The zero-order valence-electron chi connectivity index (χ0n) is 9.27. The summed E-state index contributed by atoms with van der Waals surface area (Å²) in [5, 5.41) is 21.0. The van der Waals surface area contributed by atoms with Crippen molar-refractivity contribution in [1.82, 2.24) is 0 Å². The van der Waals surface area contributed by atoms with Gasteiger partial charge >= 0.3 is 0 Å². The molecule has 0 aliphatic carbocycles. The van der Waals surface area contributed by atoms with E-state index < -0.39 is 0 Å². The van der Waals surface area contributed by atoms with Crippen LogP contribution in [-0.4, -0.2) is 0 Å². The van der Waals surface area contributed by atoms with Gasteiger partial charge in [-0.1, -0.05) is 11.6 Å². The Kier molecular flexibility index (Phi) is 3.52. The van der Waals surface area contributed by atoms with Crippen LogP contribution >= 0.6 is 11.6 Å². The second kappa shape index (κ2) is 5.27. The van der Waals surface area contributed by atoms with E-state index in [1.165, 1.54) is 0 Å². The van der Waals surface area contributed by atoms with E-state index in [2.05, 4.69) is 5.32 Å². The van der Waals surface area contributed by atoms with Gasteiger partial charge in [-0.2, -0.15) is 10.5 Å². The number of nitrogens with zero attached hydrogens (tertiary/aromatic N) is 2. The van der Waals surface area contributed by atoms with E-state index in [0.717, 1.165) is 0 Å². The number of benzene rings is 1. The number of halogens is 1. The second-order valence-corrected chi connectivity index (χ2v) is 3.94. The van der Waals surface area contributed by atoms with Gasteiger partial charge in [0.15, 0.2) is 0 Å². The van der Waals surface area contributed by atoms with E-state index in [9.17, 15) is 0 Å². The van der Waals surface area contributed by atoms with Gasteiger partial charge in [-0.3, -0.25) is 0 Å². The lowest BCUT2D eigenvalue weighted by Crippen LogP contribution is -1.99. The molecule has 0 radical (unpaired) electrons. The highest BCUT2D eigenvalue weighted by Gasteiger charge is 2.04. The van der Waals surface area contributed by atoms with E-state index in [1.54, 1.807) is 30.3 Å². The molecule has 4 nitrogen and oxygen atoms in total. The van der Waals surface area contributed by atoms with Crippen molar-refractivity contribution in [3.05, 3.63) is 52.4 Å². The summed E-state index contributed by atoms with van der Waals surface area (Å²) in [4.78, 5) is 0. The van der Waals surface area contributed by atoms with E-state index >= 15 is 0 Å². The second-order valence-electron chi connectivity index (χ2n) is 3.54. The highest BCUT2D eigenvalue weighted by Crippen LogP contribution is 2.23. The molecule has 0 aliphatic rings. The first-order chi connectivity index (χ1) is 8.72. The van der Waals surface area contributed by atoms with Crippen LogP contribution in [0.2, 0.25) is 5.02 Å². The standard InChI is InChI=1S/C13H8ClN3O/c14-12-4-1-9(6-15)5-13(12)17-8-11-3-2-10(7-16)18-11/h1-5,17H,8H2. The van der Waals surface area contributed by atoms with Crippen molar-refractivity contribution in [2.45, 2.75) is 6.54 Å². The number of furan rings is 1. The average molecular weight is 258 g/mol. The van der Waals surface area contributed by atoms with Gasteiger partial charge in [0.1, 0.15) is 11.8 Å². The van der Waals surface area contributed by atoms with Crippen LogP contribution < -0.4 is 5.32 Å². The van der Waals surface area contributed by atoms with Gasteiger partial charge in [0.2, 0.25) is 5.76 Å². The highest BCUT2D eigenvalue weighted by atomic mass is 35.5. The summed E-state index contributed by atoms with van der Waals surface area (Å²) in [6.07, 6.45) is 0. The minimum absolute atomic E-state index is 0.267. The Bertz CT molecular complexity index is 649. The van der Waals surface area contributed by atoms with Gasteiger partial charge < -0.3 is 9.73 Å². The first-order valence-electron chi connectivity index (χ1n) is 5.15. The maximum Gasteiger partial charge on any atom is 0.203 e. The number of hydrogen-bond donors (Lipinski definition) is 1. The molecule has 2 aromatic rings. The molecule has 0 spiro atoms. The van der Waals surface area contributed by atoms with Gasteiger partial charge in [0.05, 0.1) is 28.9 Å². The molecule has 1 N–H and O–H groups in total. The predicted molar refractivity (Wildman–Crippen MR) is 66.9 cm³/mol. The Balaban J connectivity index is 2.11. The molecule has 5 heteroatoms. The molecule has 0 bridgehead atoms. The van der Waals surface area contributed by atoms with Crippen molar-refractivity contribution in [3.8, 4) is 12.1 Å². The van der Waals surface area contributed by atoms with Crippen molar-refractivity contribution < 1.29 is 4.42 Å². The third kappa shape index (κ3) is 2.63. The molecule has 1 heterocycles. The van der Waals surface area contributed by atoms with Gasteiger partial charge in [0, 0.05) is 0 Å². The molecule has 0 saturated carbocycles. The van der Waals surface area contributed by atoms with Crippen molar-refractivity contribution in [2.75, 3.05) is 5.32 Å². The number of hydrogen-bond acceptors (Lipinski definition) is 4. The monoisotopic (exact) mass is 257 g/mol. The van der Waals surface area contributed by atoms with Crippen LogP contribution in [0.15, 0.2) is 34.7 Å². The molecule has 0 amide bonds. The molecule has 0 fully saturated rings. The Morgan fingerprint density at radius 3 is 2.67 bits per heavy atom. The lowest BCUT2D eigenvalue weighted by atomic mass is 10.2. The summed E-state index contributed by atoms with van der Waals surface area (Å²) in [5.74, 6) is 0.897. The smallest absolute Gasteiger partial charge is 0.203 e. The third-order valence-corrected chi connectivity index (χ3v) is 2.65. The third-order valence-electron chi connectivity index (χ3n) is 2.32. The largest absolute Gasteiger partial charge is 0.449 e. The van der Waals surface area contributed by atoms with Gasteiger partial charge in [0.25, 0.3) is 0 Å². The maximum absolute atomic E-state index is 8.80. The van der Waals surface area contributed by atoms with Crippen LogP contribution in [0.1, 0.15) is 17.1 Å². The summed E-state index contributed by atoms with van der Waals surface area (Å²) in [6.45, 7) is 0.399. The Labute approximate surface area is 109 Å². The molecular weight excluding hydrogens is 250 g/mol. The van der Waals surface area contributed by atoms with Crippen LogP contribution in [0.4, 0.5) is 5.69 Å². The summed E-state index contributed by atoms with van der Waals surface area (Å²) >= 11 is 6.00. The van der Waals surface area contributed by atoms with Crippen LogP contribution in [0.3, 0.4) is 0 Å². The maximum atomic E-state index is 8.80. The van der Waals surface area contributed by atoms with E-state index in [0.29, 0.717) is 28.6 Å². The van der Waals surface area contributed by atoms with E-state index in [4.69, 9.17) is 26.5 Å². The zero-order chi connectivity index (χ0) is 13.0. The predicted octanol–water partition coefficient (Wildman–Crippen LogP) is 3.29. The van der Waals surface area contributed by atoms with Crippen molar-refractivity contribution in [2.24, 2.45) is 0 Å². The van der Waals surface area contributed by atoms with E-state index in [-0.39, 0.29) is 5.76 Å². The lowest BCUT2D eigenvalue weighted by molar-refractivity contribution is 0.506. The zero-order valence-corrected chi connectivity index (χ0v) is 10.0. The first-order valence-corrected chi connectivity index (χ1v) is 5.53. The number of rotatable bonds is 3. The average Bonchev–Trinajstić information content (AvgIpc) is 2.86. The quantitative estimate of drug-likeness (QED) is 0.916. The Morgan fingerprint density at radius 1 is 1.17 bits per heavy atom. The molecule has 88 valence electrons. The fraction of sp³-hybridized carbons (Fsp3) is 0.0769. The Hall–Kier alpha value is -2.43. The molecule has 0 unspecified atom stereocenters. The summed E-state index contributed by atoms with van der Waals surface area (Å²) in [6, 6.07) is 12.2. The van der Waals surface area contributed by atoms with Crippen LogP contribution in [0, 0.1) is 22.7 Å². The summed E-state index contributed by atoms with van der Waals surface area (Å²) in [5.41, 5.74) is 1.18.